The summed E-state index contributed by atoms with van der Waals surface area (Å²) in [6.45, 7) is 7.22. The van der Waals surface area contributed by atoms with Crippen molar-refractivity contribution < 1.29 is 19.1 Å². The van der Waals surface area contributed by atoms with Crippen molar-refractivity contribution in [1.82, 2.24) is 14.9 Å². The molecule has 1 amide bonds. The average Bonchev–Trinajstić information content (AvgIpc) is 3.54. The Kier molecular flexibility index (Phi) is 6.27. The van der Waals surface area contributed by atoms with Crippen molar-refractivity contribution in [2.45, 2.75) is 33.3 Å². The van der Waals surface area contributed by atoms with E-state index >= 15 is 0 Å². The highest BCUT2D eigenvalue weighted by atomic mass is 16.5. The Morgan fingerprint density at radius 2 is 1.79 bits per heavy atom. The Morgan fingerprint density at radius 3 is 2.50 bits per heavy atom. The van der Waals surface area contributed by atoms with E-state index in [4.69, 9.17) is 9.15 Å². The van der Waals surface area contributed by atoms with Gasteiger partial charge in [0.2, 0.25) is 5.65 Å². The van der Waals surface area contributed by atoms with E-state index in [1.165, 1.54) is 12.8 Å². The van der Waals surface area contributed by atoms with Gasteiger partial charge in [-0.15, -0.1) is 0 Å². The molecule has 1 saturated carbocycles. The highest BCUT2D eigenvalue weighted by Crippen LogP contribution is 2.45. The summed E-state index contributed by atoms with van der Waals surface area (Å²) in [5, 5.41) is 9.44. The summed E-state index contributed by atoms with van der Waals surface area (Å²) in [4.78, 5) is 26.4. The average molecular weight is 513 g/mol. The van der Waals surface area contributed by atoms with Crippen molar-refractivity contribution in [3.63, 3.8) is 0 Å². The summed E-state index contributed by atoms with van der Waals surface area (Å²) in [5.41, 5.74) is 5.74. The van der Waals surface area contributed by atoms with Crippen LogP contribution in [0.1, 0.15) is 41.4 Å². The number of aliphatic hydroxyl groups excluding tert-OH is 1. The van der Waals surface area contributed by atoms with Crippen LogP contribution in [0, 0.1) is 12.3 Å². The smallest absolute Gasteiger partial charge is 0.300 e. The van der Waals surface area contributed by atoms with Gasteiger partial charge in [-0.2, -0.15) is 4.98 Å². The van der Waals surface area contributed by atoms with Crippen LogP contribution in [-0.4, -0.2) is 58.7 Å². The van der Waals surface area contributed by atoms with Gasteiger partial charge in [-0.25, -0.2) is 4.98 Å². The standard InChI is InChI=1S/C30H32N4O4/c1-20-3-9-26-27(31-20)32-29(38-26)34-15-13-33(14-16-34)28(36)23-8-10-25(37-19-30(2)11-12-30)24(17-23)22-6-4-21(18-35)5-7-22/h3-10,17,35H,11-16,18-19H2,1-2H3. The predicted octanol–water partition coefficient (Wildman–Crippen LogP) is 4.83. The summed E-state index contributed by atoms with van der Waals surface area (Å²) in [5.74, 6) is 0.768. The van der Waals surface area contributed by atoms with E-state index < -0.39 is 0 Å². The minimum Gasteiger partial charge on any atom is -0.492 e. The molecule has 0 spiro atoms. The maximum Gasteiger partial charge on any atom is 0.300 e. The van der Waals surface area contributed by atoms with Gasteiger partial charge in [0, 0.05) is 48.4 Å². The Labute approximate surface area is 221 Å². The lowest BCUT2D eigenvalue weighted by Crippen LogP contribution is -2.48. The lowest BCUT2D eigenvalue weighted by atomic mass is 10.00. The molecule has 2 aromatic heterocycles. The normalized spacial score (nSPS) is 16.6. The van der Waals surface area contributed by atoms with E-state index in [0.29, 0.717) is 55.6 Å². The maximum atomic E-state index is 13.5. The molecule has 6 rings (SSSR count). The van der Waals surface area contributed by atoms with E-state index in [2.05, 4.69) is 21.8 Å². The fourth-order valence-electron chi connectivity index (χ4n) is 4.73. The number of amides is 1. The number of fused-ring (bicyclic) bond motifs is 1. The van der Waals surface area contributed by atoms with Crippen molar-refractivity contribution in [3.05, 3.63) is 71.4 Å². The number of rotatable bonds is 7. The van der Waals surface area contributed by atoms with Gasteiger partial charge in [-0.05, 0) is 61.2 Å². The largest absolute Gasteiger partial charge is 0.492 e. The summed E-state index contributed by atoms with van der Waals surface area (Å²) < 4.78 is 12.2. The Bertz CT molecular complexity index is 1470. The van der Waals surface area contributed by atoms with Crippen LogP contribution in [0.15, 0.2) is 59.0 Å². The van der Waals surface area contributed by atoms with Gasteiger partial charge in [-0.1, -0.05) is 31.2 Å². The van der Waals surface area contributed by atoms with Gasteiger partial charge in [0.25, 0.3) is 11.9 Å². The van der Waals surface area contributed by atoms with Crippen LogP contribution < -0.4 is 9.64 Å². The van der Waals surface area contributed by atoms with Crippen molar-refractivity contribution in [3.8, 4) is 16.9 Å². The second-order valence-corrected chi connectivity index (χ2v) is 10.7. The number of aromatic nitrogens is 2. The van der Waals surface area contributed by atoms with E-state index in [9.17, 15) is 9.90 Å². The third-order valence-corrected chi connectivity index (χ3v) is 7.57. The van der Waals surface area contributed by atoms with E-state index in [1.54, 1.807) is 0 Å². The number of carbonyl (C=O) groups is 1. The Hall–Kier alpha value is -3.91. The molecule has 1 N–H and O–H groups in total. The first-order valence-corrected chi connectivity index (χ1v) is 13.2. The van der Waals surface area contributed by atoms with Crippen LogP contribution in [0.2, 0.25) is 0 Å². The van der Waals surface area contributed by atoms with Gasteiger partial charge >= 0.3 is 0 Å². The molecule has 2 aliphatic rings. The number of carbonyl (C=O) groups excluding carboxylic acids is 1. The number of piperazine rings is 1. The zero-order valence-corrected chi connectivity index (χ0v) is 21.8. The summed E-state index contributed by atoms with van der Waals surface area (Å²) in [6, 6.07) is 17.8. The maximum absolute atomic E-state index is 13.5. The second-order valence-electron chi connectivity index (χ2n) is 10.7. The van der Waals surface area contributed by atoms with Crippen LogP contribution in [0.5, 0.6) is 5.75 Å². The van der Waals surface area contributed by atoms with Gasteiger partial charge in [-0.3, -0.25) is 4.79 Å². The Morgan fingerprint density at radius 1 is 1.03 bits per heavy atom. The minimum absolute atomic E-state index is 0.00607. The second kappa shape index (κ2) is 9.76. The number of benzene rings is 2. The molecule has 3 heterocycles. The van der Waals surface area contributed by atoms with Crippen LogP contribution in [0.4, 0.5) is 6.01 Å². The van der Waals surface area contributed by atoms with E-state index in [1.807, 2.05) is 66.4 Å². The molecular weight excluding hydrogens is 480 g/mol. The topological polar surface area (TPSA) is 91.9 Å². The molecule has 1 saturated heterocycles. The lowest BCUT2D eigenvalue weighted by Gasteiger charge is -2.34. The molecule has 196 valence electrons. The van der Waals surface area contributed by atoms with E-state index in [0.717, 1.165) is 28.1 Å². The number of anilines is 1. The third-order valence-electron chi connectivity index (χ3n) is 7.57. The molecule has 0 bridgehead atoms. The number of oxazole rings is 1. The number of nitrogens with zero attached hydrogens (tertiary/aromatic N) is 4. The molecule has 8 nitrogen and oxygen atoms in total. The molecule has 1 aliphatic carbocycles. The fourth-order valence-corrected chi connectivity index (χ4v) is 4.73. The predicted molar refractivity (Wildman–Crippen MR) is 145 cm³/mol. The molecule has 0 atom stereocenters. The van der Waals surface area contributed by atoms with Gasteiger partial charge in [0.15, 0.2) is 5.58 Å². The molecule has 38 heavy (non-hydrogen) atoms. The van der Waals surface area contributed by atoms with Crippen LogP contribution in [0.25, 0.3) is 22.4 Å². The van der Waals surface area contributed by atoms with Crippen molar-refractivity contribution >= 4 is 23.2 Å². The number of aliphatic hydroxyl groups is 1. The quantitative estimate of drug-likeness (QED) is 0.379. The van der Waals surface area contributed by atoms with E-state index in [-0.39, 0.29) is 17.9 Å². The van der Waals surface area contributed by atoms with Gasteiger partial charge < -0.3 is 24.1 Å². The summed E-state index contributed by atoms with van der Waals surface area (Å²) >= 11 is 0. The zero-order valence-electron chi connectivity index (χ0n) is 21.8. The molecule has 2 fully saturated rings. The van der Waals surface area contributed by atoms with Crippen molar-refractivity contribution in [2.75, 3.05) is 37.7 Å². The lowest BCUT2D eigenvalue weighted by molar-refractivity contribution is 0.0745. The van der Waals surface area contributed by atoms with Crippen LogP contribution >= 0.6 is 0 Å². The Balaban J connectivity index is 1.19. The fraction of sp³-hybridized carbons (Fsp3) is 0.367. The third kappa shape index (κ3) is 4.96. The first-order valence-electron chi connectivity index (χ1n) is 13.2. The molecular formula is C30H32N4O4. The number of hydrogen-bond acceptors (Lipinski definition) is 7. The zero-order chi connectivity index (χ0) is 26.3. The first kappa shape index (κ1) is 24.4. The number of pyridine rings is 1. The molecule has 0 radical (unpaired) electrons. The van der Waals surface area contributed by atoms with Crippen LogP contribution in [0.3, 0.4) is 0 Å². The SMILES string of the molecule is Cc1ccc2oc(N3CCN(C(=O)c4ccc(OCC5(C)CC5)c(-c5ccc(CO)cc5)c4)CC3)nc2n1. The number of ether oxygens (including phenoxy) is 1. The van der Waals surface area contributed by atoms with Crippen molar-refractivity contribution in [1.29, 1.82) is 0 Å². The monoisotopic (exact) mass is 512 g/mol. The highest BCUT2D eigenvalue weighted by molar-refractivity contribution is 5.96. The number of hydrogen-bond donors (Lipinski definition) is 1. The minimum atomic E-state index is -0.00774. The highest BCUT2D eigenvalue weighted by Gasteiger charge is 2.38. The molecule has 4 aromatic rings. The first-order chi connectivity index (χ1) is 18.4. The van der Waals surface area contributed by atoms with Gasteiger partial charge in [0.1, 0.15) is 5.75 Å². The van der Waals surface area contributed by atoms with Crippen molar-refractivity contribution in [2.24, 2.45) is 5.41 Å². The molecule has 8 heteroatoms. The molecule has 2 aromatic carbocycles. The molecule has 1 aliphatic heterocycles. The summed E-state index contributed by atoms with van der Waals surface area (Å²) in [7, 11) is 0. The van der Waals surface area contributed by atoms with Gasteiger partial charge in [0.05, 0.1) is 13.2 Å². The molecule has 0 unspecified atom stereocenters. The number of aryl methyl sites for hydroxylation is 1. The van der Waals surface area contributed by atoms with Crippen LogP contribution in [-0.2, 0) is 6.61 Å². The summed E-state index contributed by atoms with van der Waals surface area (Å²) in [6.07, 6.45) is 2.35.